The summed E-state index contributed by atoms with van der Waals surface area (Å²) in [4.78, 5) is 9.08. The van der Waals surface area contributed by atoms with E-state index in [1.54, 1.807) is 6.92 Å². The highest BCUT2D eigenvalue weighted by Crippen LogP contribution is 2.24. The van der Waals surface area contributed by atoms with E-state index in [1.807, 2.05) is 0 Å². The zero-order valence-corrected chi connectivity index (χ0v) is 10.4. The van der Waals surface area contributed by atoms with Gasteiger partial charge < -0.3 is 14.9 Å². The molecule has 0 atom stereocenters. The molecule has 0 amide bonds. The Hall–Kier alpha value is -1.19. The summed E-state index contributed by atoms with van der Waals surface area (Å²) in [7, 11) is 0.884. The normalized spacial score (nSPS) is 11.6. The quantitative estimate of drug-likeness (QED) is 0.330. The molecule has 0 unspecified atom stereocenters. The van der Waals surface area contributed by atoms with Crippen LogP contribution < -0.4 is 0 Å². The molecule has 0 saturated carbocycles. The van der Waals surface area contributed by atoms with Crippen LogP contribution >= 0.6 is 10.7 Å². The van der Waals surface area contributed by atoms with Gasteiger partial charge in [0, 0.05) is 17.3 Å². The van der Waals surface area contributed by atoms with Gasteiger partial charge in [0.05, 0.1) is 24.4 Å². The van der Waals surface area contributed by atoms with Gasteiger partial charge >= 0.3 is 5.82 Å². The van der Waals surface area contributed by atoms with Gasteiger partial charge in [-0.2, -0.15) is 4.68 Å². The second-order valence-corrected chi connectivity index (χ2v) is 5.51. The minimum Gasteiger partial charge on any atom is -0.380 e. The fraction of sp³-hybridized carbons (Fsp3) is 0.571. The average Bonchev–Trinajstić information content (AvgIpc) is 2.62. The lowest BCUT2D eigenvalue weighted by Gasteiger charge is -1.96. The second-order valence-electron chi connectivity index (χ2n) is 2.97. The molecule has 1 rings (SSSR count). The first-order chi connectivity index (χ1) is 7.86. The first-order valence-corrected chi connectivity index (χ1v) is 6.91. The number of nitro groups is 1. The summed E-state index contributed by atoms with van der Waals surface area (Å²) in [6.45, 7) is 2.77. The number of rotatable bonds is 6. The second kappa shape index (κ2) is 5.43. The molecule has 0 bridgehead atoms. The van der Waals surface area contributed by atoms with Crippen molar-refractivity contribution in [1.82, 2.24) is 9.78 Å². The number of ether oxygens (including phenoxy) is 1. The van der Waals surface area contributed by atoms with E-state index in [9.17, 15) is 18.5 Å². The zero-order valence-electron chi connectivity index (χ0n) is 8.87. The third kappa shape index (κ3) is 3.65. The number of halogens is 1. The van der Waals surface area contributed by atoms with Gasteiger partial charge in [-0.05, 0) is 11.8 Å². The van der Waals surface area contributed by atoms with E-state index in [-0.39, 0.29) is 13.2 Å². The Bertz CT molecular complexity index is 512. The van der Waals surface area contributed by atoms with Crippen LogP contribution in [0, 0.1) is 10.1 Å². The molecule has 0 aliphatic rings. The predicted molar refractivity (Wildman–Crippen MR) is 58.4 cm³/mol. The molecule has 10 heteroatoms. The van der Waals surface area contributed by atoms with E-state index in [1.165, 1.54) is 0 Å². The molecule has 0 fully saturated rings. The Morgan fingerprint density at radius 3 is 2.71 bits per heavy atom. The molecule has 0 spiro atoms. The summed E-state index contributed by atoms with van der Waals surface area (Å²) in [6.07, 6.45) is 1.01. The van der Waals surface area contributed by atoms with Gasteiger partial charge in [-0.25, -0.2) is 8.42 Å². The predicted octanol–water partition coefficient (Wildman–Crippen LogP) is 0.755. The molecular weight excluding hydrogens is 274 g/mol. The number of aromatic nitrogens is 2. The highest BCUT2D eigenvalue weighted by atomic mass is 35.7. The fourth-order valence-electron chi connectivity index (χ4n) is 1.11. The van der Waals surface area contributed by atoms with Gasteiger partial charge in [0.25, 0.3) is 9.05 Å². The fourth-order valence-corrected chi connectivity index (χ4v) is 2.02. The van der Waals surface area contributed by atoms with Gasteiger partial charge in [0.1, 0.15) is 0 Å². The number of hydrogen-bond donors (Lipinski definition) is 0. The first-order valence-electron chi connectivity index (χ1n) is 4.60. The maximum atomic E-state index is 11.1. The Labute approximate surface area is 102 Å². The van der Waals surface area contributed by atoms with Crippen LogP contribution in [0.25, 0.3) is 0 Å². The van der Waals surface area contributed by atoms with Crippen molar-refractivity contribution >= 4 is 25.6 Å². The van der Waals surface area contributed by atoms with E-state index < -0.39 is 24.7 Å². The molecule has 1 aromatic rings. The third-order valence-corrected chi connectivity index (χ3v) is 3.13. The Morgan fingerprint density at radius 2 is 2.29 bits per heavy atom. The highest BCUT2D eigenvalue weighted by Gasteiger charge is 2.29. The number of hydrogen-bond acceptors (Lipinski definition) is 6. The van der Waals surface area contributed by atoms with Crippen molar-refractivity contribution in [2.45, 2.75) is 18.4 Å². The van der Waals surface area contributed by atoms with E-state index in [4.69, 9.17) is 15.4 Å². The lowest BCUT2D eigenvalue weighted by atomic mass is 10.6. The number of nitrogens with zero attached hydrogens (tertiary/aromatic N) is 3. The average molecular weight is 284 g/mol. The maximum absolute atomic E-state index is 11.1. The molecule has 0 aromatic carbocycles. The summed E-state index contributed by atoms with van der Waals surface area (Å²) in [6, 6.07) is 0. The maximum Gasteiger partial charge on any atom is 0.410 e. The van der Waals surface area contributed by atoms with Crippen LogP contribution in [0.5, 0.6) is 0 Å². The topological polar surface area (TPSA) is 104 Å². The van der Waals surface area contributed by atoms with Gasteiger partial charge in [0.15, 0.2) is 0 Å². The zero-order chi connectivity index (χ0) is 13.1. The van der Waals surface area contributed by atoms with E-state index >= 15 is 0 Å². The molecule has 96 valence electrons. The molecular formula is C7H10ClN3O5S. The molecule has 17 heavy (non-hydrogen) atoms. The summed E-state index contributed by atoms with van der Waals surface area (Å²) < 4.78 is 28.3. The highest BCUT2D eigenvalue weighted by molar-refractivity contribution is 8.13. The van der Waals surface area contributed by atoms with Crippen LogP contribution in [0.4, 0.5) is 5.82 Å². The lowest BCUT2D eigenvalue weighted by molar-refractivity contribution is -0.392. The lowest BCUT2D eigenvalue weighted by Crippen LogP contribution is -2.06. The molecule has 0 N–H and O–H groups in total. The van der Waals surface area contributed by atoms with E-state index in [0.29, 0.717) is 6.61 Å². The minimum atomic E-state index is -4.18. The summed E-state index contributed by atoms with van der Waals surface area (Å²) in [5.41, 5.74) is 0. The van der Waals surface area contributed by atoms with Crippen molar-refractivity contribution in [3.63, 3.8) is 0 Å². The molecule has 0 aliphatic carbocycles. The summed E-state index contributed by atoms with van der Waals surface area (Å²) in [5, 5.41) is 14.1. The SMILES string of the molecule is CCOCCn1cc(S(=O)(=O)Cl)c([N+](=O)[O-])n1. The van der Waals surface area contributed by atoms with Crippen LogP contribution in [0.2, 0.25) is 0 Å². The standard InChI is InChI=1S/C7H10ClN3O5S/c1-2-16-4-3-10-5-6(17(8,14)15)7(9-10)11(12)13/h5H,2-4H2,1H3. The van der Waals surface area contributed by atoms with E-state index in [2.05, 4.69) is 5.10 Å². The van der Waals surface area contributed by atoms with Gasteiger partial charge in [0.2, 0.25) is 4.90 Å². The summed E-state index contributed by atoms with van der Waals surface area (Å²) in [5.74, 6) is -0.781. The minimum absolute atomic E-state index is 0.209. The van der Waals surface area contributed by atoms with Crippen molar-refractivity contribution in [3.05, 3.63) is 16.3 Å². The molecule has 8 nitrogen and oxygen atoms in total. The van der Waals surface area contributed by atoms with Crippen molar-refractivity contribution in [3.8, 4) is 0 Å². The van der Waals surface area contributed by atoms with E-state index in [0.717, 1.165) is 10.9 Å². The van der Waals surface area contributed by atoms with Crippen molar-refractivity contribution in [2.24, 2.45) is 0 Å². The van der Waals surface area contributed by atoms with Gasteiger partial charge in [-0.15, -0.1) is 0 Å². The first kappa shape index (κ1) is 13.9. The monoisotopic (exact) mass is 283 g/mol. The van der Waals surface area contributed by atoms with Crippen LogP contribution in [0.1, 0.15) is 6.92 Å². The van der Waals surface area contributed by atoms with Gasteiger partial charge in [-0.1, -0.05) is 0 Å². The molecule has 1 heterocycles. The molecule has 0 aliphatic heterocycles. The van der Waals surface area contributed by atoms with Crippen molar-refractivity contribution in [1.29, 1.82) is 0 Å². The van der Waals surface area contributed by atoms with Crippen molar-refractivity contribution < 1.29 is 18.1 Å². The smallest absolute Gasteiger partial charge is 0.380 e. The molecule has 1 aromatic heterocycles. The third-order valence-electron chi connectivity index (χ3n) is 1.81. The summed E-state index contributed by atoms with van der Waals surface area (Å²) >= 11 is 0. The Balaban J connectivity index is 3.01. The largest absolute Gasteiger partial charge is 0.410 e. The van der Waals surface area contributed by atoms with Crippen LogP contribution in [-0.2, 0) is 20.3 Å². The van der Waals surface area contributed by atoms with Crippen molar-refractivity contribution in [2.75, 3.05) is 13.2 Å². The van der Waals surface area contributed by atoms with Crippen LogP contribution in [-0.4, -0.2) is 36.3 Å². The Kier molecular flexibility index (Phi) is 4.43. The molecule has 0 saturated heterocycles. The Morgan fingerprint density at radius 1 is 1.65 bits per heavy atom. The molecule has 0 radical (unpaired) electrons. The van der Waals surface area contributed by atoms with Crippen LogP contribution in [0.3, 0.4) is 0 Å². The van der Waals surface area contributed by atoms with Crippen LogP contribution in [0.15, 0.2) is 11.1 Å². The van der Waals surface area contributed by atoms with Gasteiger partial charge in [-0.3, -0.25) is 0 Å².